The number of carbonyl (C=O) groups excluding carboxylic acids is 1. The Labute approximate surface area is 113 Å². The number of allylic oxidation sites excluding steroid dienone is 1. The van der Waals surface area contributed by atoms with Gasteiger partial charge in [-0.25, -0.2) is 0 Å². The molecule has 2 aromatic rings. The fraction of sp³-hybridized carbons (Fsp3) is 0.118. The molecule has 0 aliphatic rings. The van der Waals surface area contributed by atoms with Crippen molar-refractivity contribution in [2.45, 2.75) is 13.8 Å². The Balaban J connectivity index is 2.24. The summed E-state index contributed by atoms with van der Waals surface area (Å²) < 4.78 is 0. The molecule has 0 bridgehead atoms. The Bertz CT molecular complexity index is 639. The van der Waals surface area contributed by atoms with Crippen LogP contribution < -0.4 is 0 Å². The Hall–Kier alpha value is -2.35. The normalized spacial score (nSPS) is 10.8. The van der Waals surface area contributed by atoms with Crippen molar-refractivity contribution < 1.29 is 9.90 Å². The third-order valence-corrected chi connectivity index (χ3v) is 3.01. The summed E-state index contributed by atoms with van der Waals surface area (Å²) in [5.41, 5.74) is 3.65. The van der Waals surface area contributed by atoms with Crippen LogP contribution in [-0.2, 0) is 0 Å². The molecule has 2 rings (SSSR count). The number of phenols is 1. The largest absolute Gasteiger partial charge is 0.507 e. The lowest BCUT2D eigenvalue weighted by molar-refractivity contribution is 0.104. The Morgan fingerprint density at radius 1 is 1.11 bits per heavy atom. The molecule has 0 saturated carbocycles. The van der Waals surface area contributed by atoms with Gasteiger partial charge in [0.15, 0.2) is 5.78 Å². The molecule has 0 radical (unpaired) electrons. The fourth-order valence-corrected chi connectivity index (χ4v) is 1.95. The molecule has 0 aliphatic heterocycles. The van der Waals surface area contributed by atoms with Crippen LogP contribution in [0.2, 0.25) is 0 Å². The average Bonchev–Trinajstić information content (AvgIpc) is 2.38. The predicted octanol–water partition coefficient (Wildman–Crippen LogP) is 3.91. The summed E-state index contributed by atoms with van der Waals surface area (Å²) in [6.45, 7) is 4.05. The monoisotopic (exact) mass is 252 g/mol. The van der Waals surface area contributed by atoms with E-state index in [0.29, 0.717) is 5.56 Å². The number of phenolic OH excluding ortho intramolecular Hbond substituents is 1. The highest BCUT2D eigenvalue weighted by Crippen LogP contribution is 2.18. The average molecular weight is 252 g/mol. The molecule has 96 valence electrons. The number of carbonyl (C=O) groups is 1. The van der Waals surface area contributed by atoms with E-state index in [1.807, 2.05) is 26.0 Å². The Morgan fingerprint density at radius 3 is 2.53 bits per heavy atom. The maximum Gasteiger partial charge on any atom is 0.189 e. The van der Waals surface area contributed by atoms with Crippen LogP contribution in [0, 0.1) is 13.8 Å². The minimum Gasteiger partial charge on any atom is -0.507 e. The Morgan fingerprint density at radius 2 is 1.84 bits per heavy atom. The van der Waals surface area contributed by atoms with Gasteiger partial charge < -0.3 is 5.11 Å². The molecule has 0 atom stereocenters. The van der Waals surface area contributed by atoms with Gasteiger partial charge >= 0.3 is 0 Å². The van der Waals surface area contributed by atoms with Crippen LogP contribution in [0.4, 0.5) is 0 Å². The number of hydrogen-bond acceptors (Lipinski definition) is 2. The van der Waals surface area contributed by atoms with Crippen molar-refractivity contribution >= 4 is 11.9 Å². The van der Waals surface area contributed by atoms with Gasteiger partial charge in [-0.05, 0) is 43.2 Å². The molecular weight excluding hydrogens is 236 g/mol. The molecule has 0 fully saturated rings. The van der Waals surface area contributed by atoms with Crippen molar-refractivity contribution in [1.82, 2.24) is 0 Å². The first kappa shape index (κ1) is 13.1. The first-order valence-electron chi connectivity index (χ1n) is 6.15. The summed E-state index contributed by atoms with van der Waals surface area (Å²) in [5, 5.41) is 9.61. The first-order valence-corrected chi connectivity index (χ1v) is 6.15. The highest BCUT2D eigenvalue weighted by molar-refractivity contribution is 6.08. The molecule has 0 saturated heterocycles. The smallest absolute Gasteiger partial charge is 0.189 e. The number of benzene rings is 2. The van der Waals surface area contributed by atoms with Gasteiger partial charge in [0.05, 0.1) is 5.56 Å². The van der Waals surface area contributed by atoms with Gasteiger partial charge in [-0.3, -0.25) is 4.79 Å². The number of ketones is 1. The minimum absolute atomic E-state index is 0.0118. The molecular formula is C17H16O2. The van der Waals surface area contributed by atoms with Crippen molar-refractivity contribution in [3.8, 4) is 5.75 Å². The van der Waals surface area contributed by atoms with Gasteiger partial charge in [0, 0.05) is 0 Å². The summed E-state index contributed by atoms with van der Waals surface area (Å²) in [5.74, 6) is -0.184. The van der Waals surface area contributed by atoms with Crippen LogP contribution in [0.25, 0.3) is 6.08 Å². The topological polar surface area (TPSA) is 37.3 Å². The van der Waals surface area contributed by atoms with Gasteiger partial charge in [-0.1, -0.05) is 42.0 Å². The summed E-state index contributed by atoms with van der Waals surface area (Å²) in [7, 11) is 0. The van der Waals surface area contributed by atoms with E-state index >= 15 is 0 Å². The lowest BCUT2D eigenvalue weighted by atomic mass is 10.0. The third kappa shape index (κ3) is 3.10. The van der Waals surface area contributed by atoms with Crippen LogP contribution in [0.3, 0.4) is 0 Å². The maximum absolute atomic E-state index is 12.0. The molecule has 0 aromatic heterocycles. The van der Waals surface area contributed by atoms with E-state index in [2.05, 4.69) is 6.07 Å². The lowest BCUT2D eigenvalue weighted by Crippen LogP contribution is -1.94. The fourth-order valence-electron chi connectivity index (χ4n) is 1.95. The van der Waals surface area contributed by atoms with Crippen molar-refractivity contribution in [2.24, 2.45) is 0 Å². The number of hydrogen-bond donors (Lipinski definition) is 1. The Kier molecular flexibility index (Phi) is 3.81. The zero-order valence-electron chi connectivity index (χ0n) is 11.1. The zero-order valence-corrected chi connectivity index (χ0v) is 11.1. The highest BCUT2D eigenvalue weighted by atomic mass is 16.3. The van der Waals surface area contributed by atoms with Crippen LogP contribution in [0.1, 0.15) is 27.0 Å². The number of aromatic hydroxyl groups is 1. The zero-order chi connectivity index (χ0) is 13.8. The molecule has 0 aliphatic carbocycles. The van der Waals surface area contributed by atoms with Crippen molar-refractivity contribution in [3.63, 3.8) is 0 Å². The molecule has 2 aromatic carbocycles. The van der Waals surface area contributed by atoms with Crippen molar-refractivity contribution in [2.75, 3.05) is 0 Å². The number of aryl methyl sites for hydroxylation is 2. The summed E-state index contributed by atoms with van der Waals surface area (Å²) in [4.78, 5) is 12.0. The highest BCUT2D eigenvalue weighted by Gasteiger charge is 2.06. The van der Waals surface area contributed by atoms with E-state index in [1.165, 1.54) is 17.7 Å². The lowest BCUT2D eigenvalue weighted by Gasteiger charge is -2.02. The summed E-state index contributed by atoms with van der Waals surface area (Å²) in [6, 6.07) is 12.6. The van der Waals surface area contributed by atoms with E-state index in [0.717, 1.165) is 11.1 Å². The molecule has 0 spiro atoms. The van der Waals surface area contributed by atoms with E-state index < -0.39 is 0 Å². The van der Waals surface area contributed by atoms with Crippen molar-refractivity contribution in [1.29, 1.82) is 0 Å². The number of para-hydroxylation sites is 1. The molecule has 0 amide bonds. The van der Waals surface area contributed by atoms with Crippen molar-refractivity contribution in [3.05, 3.63) is 70.8 Å². The quantitative estimate of drug-likeness (QED) is 0.664. The SMILES string of the molecule is Cc1ccc(/C=C/C(=O)c2ccccc2O)c(C)c1. The van der Waals surface area contributed by atoms with Gasteiger partial charge in [0.1, 0.15) is 5.75 Å². The summed E-state index contributed by atoms with van der Waals surface area (Å²) >= 11 is 0. The molecule has 2 nitrogen and oxygen atoms in total. The molecule has 0 heterocycles. The van der Waals surface area contributed by atoms with Crippen LogP contribution in [-0.4, -0.2) is 10.9 Å². The summed E-state index contributed by atoms with van der Waals surface area (Å²) in [6.07, 6.45) is 3.27. The number of rotatable bonds is 3. The second-order valence-electron chi connectivity index (χ2n) is 4.57. The van der Waals surface area contributed by atoms with Gasteiger partial charge in [-0.2, -0.15) is 0 Å². The van der Waals surface area contributed by atoms with Crippen LogP contribution >= 0.6 is 0 Å². The van der Waals surface area contributed by atoms with Crippen LogP contribution in [0.15, 0.2) is 48.5 Å². The second kappa shape index (κ2) is 5.53. The van der Waals surface area contributed by atoms with E-state index in [9.17, 15) is 9.90 Å². The minimum atomic E-state index is -0.196. The molecule has 0 unspecified atom stereocenters. The first-order chi connectivity index (χ1) is 9.08. The third-order valence-electron chi connectivity index (χ3n) is 3.01. The van der Waals surface area contributed by atoms with Gasteiger partial charge in [0.25, 0.3) is 0 Å². The maximum atomic E-state index is 12.0. The van der Waals surface area contributed by atoms with E-state index in [4.69, 9.17) is 0 Å². The molecule has 2 heteroatoms. The van der Waals surface area contributed by atoms with Crippen LogP contribution in [0.5, 0.6) is 5.75 Å². The predicted molar refractivity (Wildman–Crippen MR) is 77.4 cm³/mol. The molecule has 1 N–H and O–H groups in total. The van der Waals surface area contributed by atoms with Gasteiger partial charge in [0.2, 0.25) is 0 Å². The molecule has 19 heavy (non-hydrogen) atoms. The van der Waals surface area contributed by atoms with E-state index in [-0.39, 0.29) is 11.5 Å². The standard InChI is InChI=1S/C17H16O2/c1-12-7-8-14(13(2)11-12)9-10-17(19)15-5-3-4-6-16(15)18/h3-11,18H,1-2H3/b10-9+. The van der Waals surface area contributed by atoms with E-state index in [1.54, 1.807) is 24.3 Å². The van der Waals surface area contributed by atoms with Gasteiger partial charge in [-0.15, -0.1) is 0 Å². The second-order valence-corrected chi connectivity index (χ2v) is 4.57.